The third kappa shape index (κ3) is 2.14. The molecule has 120 valence electrons. The lowest BCUT2D eigenvalue weighted by Crippen LogP contribution is -2.37. The Balaban J connectivity index is 2.36. The van der Waals surface area contributed by atoms with Crippen molar-refractivity contribution in [3.05, 3.63) is 20.8 Å². The Morgan fingerprint density at radius 2 is 1.82 bits per heavy atom. The van der Waals surface area contributed by atoms with E-state index in [0.717, 1.165) is 30.5 Å². The third-order valence-corrected chi connectivity index (χ3v) is 4.16. The maximum Gasteiger partial charge on any atom is 0.332 e. The molecule has 0 bridgehead atoms. The molecular weight excluding hydrogens is 286 g/mol. The van der Waals surface area contributed by atoms with Crippen LogP contribution in [0.5, 0.6) is 0 Å². The summed E-state index contributed by atoms with van der Waals surface area (Å²) in [5, 5.41) is 9.79. The van der Waals surface area contributed by atoms with Gasteiger partial charge in [-0.05, 0) is 19.8 Å². The predicted molar refractivity (Wildman–Crippen MR) is 83.3 cm³/mol. The Bertz CT molecular complexity index is 824. The fourth-order valence-electron chi connectivity index (χ4n) is 3.03. The number of hydrogen-bond donors (Lipinski definition) is 1. The van der Waals surface area contributed by atoms with Crippen LogP contribution in [0.4, 0.5) is 5.95 Å². The molecular formula is C14H21N5O3. The van der Waals surface area contributed by atoms with Gasteiger partial charge in [0.1, 0.15) is 0 Å². The zero-order chi connectivity index (χ0) is 16.0. The van der Waals surface area contributed by atoms with Gasteiger partial charge >= 0.3 is 5.69 Å². The molecule has 0 aromatic carbocycles. The highest BCUT2D eigenvalue weighted by Crippen LogP contribution is 2.23. The van der Waals surface area contributed by atoms with Gasteiger partial charge in [0.25, 0.3) is 5.56 Å². The SMILES string of the molecule is C[C@H](O)Cn1c(N2CCCC2)nc2c1c(=O)n(C)c(=O)n2C. The molecule has 1 aliphatic rings. The summed E-state index contributed by atoms with van der Waals surface area (Å²) in [5.41, 5.74) is -0.0353. The lowest BCUT2D eigenvalue weighted by atomic mass is 10.4. The summed E-state index contributed by atoms with van der Waals surface area (Å²) in [6.45, 7) is 3.69. The Morgan fingerprint density at radius 1 is 1.18 bits per heavy atom. The van der Waals surface area contributed by atoms with E-state index in [4.69, 9.17) is 0 Å². The fourth-order valence-corrected chi connectivity index (χ4v) is 3.03. The van der Waals surface area contributed by atoms with E-state index in [9.17, 15) is 14.7 Å². The zero-order valence-corrected chi connectivity index (χ0v) is 13.1. The largest absolute Gasteiger partial charge is 0.392 e. The molecule has 8 heteroatoms. The number of imidazole rings is 1. The molecule has 1 N–H and O–H groups in total. The van der Waals surface area contributed by atoms with E-state index in [-0.39, 0.29) is 12.1 Å². The molecule has 0 radical (unpaired) electrons. The summed E-state index contributed by atoms with van der Waals surface area (Å²) in [7, 11) is 3.07. The highest BCUT2D eigenvalue weighted by Gasteiger charge is 2.24. The van der Waals surface area contributed by atoms with Gasteiger partial charge in [-0.1, -0.05) is 0 Å². The first-order valence-electron chi connectivity index (χ1n) is 7.51. The first-order chi connectivity index (χ1) is 10.4. The van der Waals surface area contributed by atoms with Gasteiger partial charge in [0.2, 0.25) is 5.95 Å². The van der Waals surface area contributed by atoms with Gasteiger partial charge in [-0.2, -0.15) is 4.98 Å². The van der Waals surface area contributed by atoms with Crippen molar-refractivity contribution in [3.8, 4) is 0 Å². The summed E-state index contributed by atoms with van der Waals surface area (Å²) in [5.74, 6) is 0.659. The Labute approximate surface area is 127 Å². The summed E-state index contributed by atoms with van der Waals surface area (Å²) in [4.78, 5) is 31.2. The molecule has 0 unspecified atom stereocenters. The van der Waals surface area contributed by atoms with Crippen molar-refractivity contribution >= 4 is 17.1 Å². The zero-order valence-electron chi connectivity index (χ0n) is 13.1. The lowest BCUT2D eigenvalue weighted by molar-refractivity contribution is 0.175. The standard InChI is InChI=1S/C14H21N5O3/c1-9(20)8-19-10-11(15-13(19)18-6-4-5-7-18)16(2)14(22)17(3)12(10)21/h9,20H,4-8H2,1-3H3/t9-/m0/s1. The lowest BCUT2D eigenvalue weighted by Gasteiger charge is -2.19. The number of aryl methyl sites for hydroxylation is 1. The molecule has 2 aromatic heterocycles. The van der Waals surface area contributed by atoms with Crippen molar-refractivity contribution < 1.29 is 5.11 Å². The van der Waals surface area contributed by atoms with Crippen molar-refractivity contribution in [2.45, 2.75) is 32.4 Å². The number of aliphatic hydroxyl groups is 1. The molecule has 3 heterocycles. The van der Waals surface area contributed by atoms with E-state index in [1.165, 1.54) is 11.6 Å². The van der Waals surface area contributed by atoms with E-state index in [2.05, 4.69) is 9.88 Å². The fraction of sp³-hybridized carbons (Fsp3) is 0.643. The molecule has 22 heavy (non-hydrogen) atoms. The second-order valence-corrected chi connectivity index (χ2v) is 5.94. The average Bonchev–Trinajstić information content (AvgIpc) is 3.10. The quantitative estimate of drug-likeness (QED) is 0.819. The summed E-state index contributed by atoms with van der Waals surface area (Å²) in [6.07, 6.45) is 1.55. The first-order valence-corrected chi connectivity index (χ1v) is 7.51. The number of nitrogens with zero attached hydrogens (tertiary/aromatic N) is 5. The van der Waals surface area contributed by atoms with Crippen LogP contribution in [0.1, 0.15) is 19.8 Å². The Kier molecular flexibility index (Phi) is 3.56. The minimum Gasteiger partial charge on any atom is -0.392 e. The topological polar surface area (TPSA) is 85.3 Å². The van der Waals surface area contributed by atoms with Crippen LogP contribution in [0.15, 0.2) is 9.59 Å². The smallest absolute Gasteiger partial charge is 0.332 e. The van der Waals surface area contributed by atoms with Crippen molar-refractivity contribution in [2.24, 2.45) is 14.1 Å². The number of rotatable bonds is 3. The van der Waals surface area contributed by atoms with E-state index < -0.39 is 11.8 Å². The molecule has 0 spiro atoms. The molecule has 1 atom stereocenters. The van der Waals surface area contributed by atoms with Crippen molar-refractivity contribution in [3.63, 3.8) is 0 Å². The minimum atomic E-state index is -0.610. The minimum absolute atomic E-state index is 0.274. The number of hydrogen-bond acceptors (Lipinski definition) is 5. The van der Waals surface area contributed by atoms with Gasteiger partial charge < -0.3 is 14.6 Å². The molecule has 2 aromatic rings. The van der Waals surface area contributed by atoms with Gasteiger partial charge in [0.05, 0.1) is 12.6 Å². The molecule has 1 aliphatic heterocycles. The second-order valence-electron chi connectivity index (χ2n) is 5.94. The van der Waals surface area contributed by atoms with E-state index in [1.54, 1.807) is 18.5 Å². The molecule has 1 saturated heterocycles. The van der Waals surface area contributed by atoms with E-state index in [1.807, 2.05) is 0 Å². The van der Waals surface area contributed by atoms with Crippen LogP contribution < -0.4 is 16.1 Å². The van der Waals surface area contributed by atoms with Crippen molar-refractivity contribution in [2.75, 3.05) is 18.0 Å². The molecule has 0 saturated carbocycles. The predicted octanol–water partition coefficient (Wildman–Crippen LogP) is -0.585. The monoisotopic (exact) mass is 307 g/mol. The van der Waals surface area contributed by atoms with Gasteiger partial charge in [-0.25, -0.2) is 4.79 Å². The number of aliphatic hydroxyl groups excluding tert-OH is 1. The third-order valence-electron chi connectivity index (χ3n) is 4.16. The molecule has 0 amide bonds. The maximum absolute atomic E-state index is 12.5. The summed E-state index contributed by atoms with van der Waals surface area (Å²) < 4.78 is 4.21. The van der Waals surface area contributed by atoms with E-state index in [0.29, 0.717) is 17.1 Å². The van der Waals surface area contributed by atoms with Crippen LogP contribution in [-0.4, -0.2) is 43.0 Å². The van der Waals surface area contributed by atoms with Gasteiger partial charge in [0, 0.05) is 27.2 Å². The number of aromatic nitrogens is 4. The number of anilines is 1. The summed E-state index contributed by atoms with van der Waals surface area (Å²) in [6, 6.07) is 0. The van der Waals surface area contributed by atoms with Crippen molar-refractivity contribution in [1.82, 2.24) is 18.7 Å². The number of fused-ring (bicyclic) bond motifs is 1. The maximum atomic E-state index is 12.5. The van der Waals surface area contributed by atoms with Crippen LogP contribution in [0.3, 0.4) is 0 Å². The summed E-state index contributed by atoms with van der Waals surface area (Å²) >= 11 is 0. The van der Waals surface area contributed by atoms with Gasteiger partial charge in [0.15, 0.2) is 11.2 Å². The normalized spacial score (nSPS) is 16.6. The Morgan fingerprint density at radius 3 is 2.41 bits per heavy atom. The highest BCUT2D eigenvalue weighted by atomic mass is 16.3. The van der Waals surface area contributed by atoms with Crippen LogP contribution in [0.2, 0.25) is 0 Å². The molecule has 1 fully saturated rings. The highest BCUT2D eigenvalue weighted by molar-refractivity contribution is 5.74. The first kappa shape index (κ1) is 14.8. The van der Waals surface area contributed by atoms with Crippen LogP contribution in [-0.2, 0) is 20.6 Å². The van der Waals surface area contributed by atoms with E-state index >= 15 is 0 Å². The Hall–Kier alpha value is -2.09. The van der Waals surface area contributed by atoms with Crippen LogP contribution >= 0.6 is 0 Å². The van der Waals surface area contributed by atoms with Crippen LogP contribution in [0, 0.1) is 0 Å². The molecule has 3 rings (SSSR count). The average molecular weight is 307 g/mol. The second kappa shape index (κ2) is 5.28. The van der Waals surface area contributed by atoms with Crippen molar-refractivity contribution in [1.29, 1.82) is 0 Å². The molecule has 0 aliphatic carbocycles. The van der Waals surface area contributed by atoms with Gasteiger partial charge in [-0.15, -0.1) is 0 Å². The molecule has 8 nitrogen and oxygen atoms in total. The van der Waals surface area contributed by atoms with Crippen LogP contribution in [0.25, 0.3) is 11.2 Å². The van der Waals surface area contributed by atoms with Gasteiger partial charge in [-0.3, -0.25) is 13.9 Å².